The van der Waals surface area contributed by atoms with Crippen molar-refractivity contribution in [2.45, 2.75) is 13.1 Å². The predicted molar refractivity (Wildman–Crippen MR) is 79.7 cm³/mol. The SMILES string of the molecule is CN(Cc1ccccc1Br)Cc1ccoc1C(=O)NN. The summed E-state index contributed by atoms with van der Waals surface area (Å²) in [6.07, 6.45) is 1.49. The fraction of sp³-hybridized carbons (Fsp3) is 0.214. The third kappa shape index (κ3) is 3.47. The summed E-state index contributed by atoms with van der Waals surface area (Å²) in [5.74, 6) is 4.97. The summed E-state index contributed by atoms with van der Waals surface area (Å²) in [4.78, 5) is 13.6. The number of halogens is 1. The van der Waals surface area contributed by atoms with Gasteiger partial charge in [-0.05, 0) is 24.7 Å². The lowest BCUT2D eigenvalue weighted by molar-refractivity contribution is 0.0923. The van der Waals surface area contributed by atoms with Crippen molar-refractivity contribution in [2.75, 3.05) is 7.05 Å². The lowest BCUT2D eigenvalue weighted by Gasteiger charge is -2.17. The number of nitrogens with one attached hydrogen (secondary N) is 1. The molecule has 0 saturated heterocycles. The molecule has 3 N–H and O–H groups in total. The Kier molecular flexibility index (Phi) is 4.94. The number of nitrogens with zero attached hydrogens (tertiary/aromatic N) is 1. The summed E-state index contributed by atoms with van der Waals surface area (Å²) in [6.45, 7) is 1.36. The molecule has 20 heavy (non-hydrogen) atoms. The molecule has 1 aromatic carbocycles. The molecular formula is C14H16BrN3O2. The average Bonchev–Trinajstić information content (AvgIpc) is 2.88. The second-order valence-electron chi connectivity index (χ2n) is 4.51. The van der Waals surface area contributed by atoms with Crippen LogP contribution in [-0.4, -0.2) is 17.9 Å². The van der Waals surface area contributed by atoms with Gasteiger partial charge in [0.1, 0.15) is 0 Å². The highest BCUT2D eigenvalue weighted by Gasteiger charge is 2.15. The van der Waals surface area contributed by atoms with Crippen LogP contribution in [0.2, 0.25) is 0 Å². The highest BCUT2D eigenvalue weighted by molar-refractivity contribution is 9.10. The van der Waals surface area contributed by atoms with Gasteiger partial charge in [-0.2, -0.15) is 0 Å². The van der Waals surface area contributed by atoms with Crippen LogP contribution in [0.25, 0.3) is 0 Å². The van der Waals surface area contributed by atoms with Crippen LogP contribution in [0.15, 0.2) is 45.5 Å². The van der Waals surface area contributed by atoms with Crippen LogP contribution in [-0.2, 0) is 13.1 Å². The van der Waals surface area contributed by atoms with E-state index in [2.05, 4.69) is 32.3 Å². The number of amides is 1. The molecule has 106 valence electrons. The van der Waals surface area contributed by atoms with Gasteiger partial charge in [0, 0.05) is 23.1 Å². The average molecular weight is 338 g/mol. The third-order valence-electron chi connectivity index (χ3n) is 2.92. The number of rotatable bonds is 5. The van der Waals surface area contributed by atoms with Crippen molar-refractivity contribution in [1.29, 1.82) is 0 Å². The quantitative estimate of drug-likeness (QED) is 0.498. The number of carbonyl (C=O) groups is 1. The molecular weight excluding hydrogens is 322 g/mol. The molecule has 0 aliphatic heterocycles. The lowest BCUT2D eigenvalue weighted by atomic mass is 10.2. The standard InChI is InChI=1S/C14H16BrN3O2/c1-18(8-10-4-2-3-5-12(10)15)9-11-6-7-20-13(11)14(19)17-16/h2-7H,8-9,16H2,1H3,(H,17,19). The highest BCUT2D eigenvalue weighted by atomic mass is 79.9. The second kappa shape index (κ2) is 6.69. The van der Waals surface area contributed by atoms with Gasteiger partial charge < -0.3 is 4.42 Å². The van der Waals surface area contributed by atoms with Gasteiger partial charge in [0.2, 0.25) is 0 Å². The van der Waals surface area contributed by atoms with E-state index in [0.29, 0.717) is 6.54 Å². The van der Waals surface area contributed by atoms with Crippen molar-refractivity contribution in [3.8, 4) is 0 Å². The summed E-state index contributed by atoms with van der Waals surface area (Å²) >= 11 is 3.53. The summed E-state index contributed by atoms with van der Waals surface area (Å²) < 4.78 is 6.23. The van der Waals surface area contributed by atoms with Crippen LogP contribution >= 0.6 is 15.9 Å². The fourth-order valence-corrected chi connectivity index (χ4v) is 2.40. The van der Waals surface area contributed by atoms with Gasteiger partial charge in [0.15, 0.2) is 5.76 Å². The Morgan fingerprint density at radius 3 is 2.70 bits per heavy atom. The number of carbonyl (C=O) groups excluding carboxylic acids is 1. The number of benzene rings is 1. The van der Waals surface area contributed by atoms with Gasteiger partial charge in [-0.15, -0.1) is 0 Å². The van der Waals surface area contributed by atoms with Crippen molar-refractivity contribution in [3.05, 3.63) is 58.0 Å². The molecule has 1 aromatic heterocycles. The minimum atomic E-state index is -0.417. The van der Waals surface area contributed by atoms with E-state index in [1.807, 2.05) is 25.2 Å². The summed E-state index contributed by atoms with van der Waals surface area (Å²) in [6, 6.07) is 9.82. The number of hydrazine groups is 1. The Morgan fingerprint density at radius 1 is 1.30 bits per heavy atom. The summed E-state index contributed by atoms with van der Waals surface area (Å²) in [7, 11) is 1.98. The Hall–Kier alpha value is -1.63. The molecule has 2 rings (SSSR count). The summed E-state index contributed by atoms with van der Waals surface area (Å²) in [5.41, 5.74) is 4.07. The first-order chi connectivity index (χ1) is 9.61. The maximum absolute atomic E-state index is 11.5. The smallest absolute Gasteiger partial charge is 0.301 e. The fourth-order valence-electron chi connectivity index (χ4n) is 1.99. The molecule has 0 atom stereocenters. The zero-order valence-corrected chi connectivity index (χ0v) is 12.7. The molecule has 1 amide bonds. The van der Waals surface area contributed by atoms with Crippen LogP contribution in [0.5, 0.6) is 0 Å². The van der Waals surface area contributed by atoms with Gasteiger partial charge in [0.05, 0.1) is 6.26 Å². The molecule has 0 spiro atoms. The van der Waals surface area contributed by atoms with E-state index in [1.54, 1.807) is 6.07 Å². The highest BCUT2D eigenvalue weighted by Crippen LogP contribution is 2.19. The first-order valence-electron chi connectivity index (χ1n) is 6.11. The van der Waals surface area contributed by atoms with Gasteiger partial charge in [-0.3, -0.25) is 15.1 Å². The second-order valence-corrected chi connectivity index (χ2v) is 5.37. The molecule has 0 saturated carbocycles. The van der Waals surface area contributed by atoms with Crippen LogP contribution in [0.1, 0.15) is 21.7 Å². The number of hydrogen-bond donors (Lipinski definition) is 2. The van der Waals surface area contributed by atoms with Crippen LogP contribution in [0, 0.1) is 0 Å². The maximum Gasteiger partial charge on any atom is 0.301 e. The van der Waals surface area contributed by atoms with E-state index < -0.39 is 5.91 Å². The number of furan rings is 1. The molecule has 0 aliphatic carbocycles. The van der Waals surface area contributed by atoms with E-state index in [4.69, 9.17) is 10.3 Å². The van der Waals surface area contributed by atoms with Crippen molar-refractivity contribution in [1.82, 2.24) is 10.3 Å². The predicted octanol–water partition coefficient (Wildman–Crippen LogP) is 2.28. The van der Waals surface area contributed by atoms with Crippen molar-refractivity contribution >= 4 is 21.8 Å². The number of nitrogen functional groups attached to an aromatic ring is 1. The van der Waals surface area contributed by atoms with E-state index in [-0.39, 0.29) is 5.76 Å². The number of nitrogens with two attached hydrogens (primary N) is 1. The molecule has 1 heterocycles. The molecule has 0 bridgehead atoms. The first-order valence-corrected chi connectivity index (χ1v) is 6.90. The van der Waals surface area contributed by atoms with Crippen LogP contribution < -0.4 is 11.3 Å². The van der Waals surface area contributed by atoms with Crippen molar-refractivity contribution in [3.63, 3.8) is 0 Å². The minimum Gasteiger partial charge on any atom is -0.459 e. The lowest BCUT2D eigenvalue weighted by Crippen LogP contribution is -2.31. The zero-order valence-electron chi connectivity index (χ0n) is 11.1. The van der Waals surface area contributed by atoms with Gasteiger partial charge >= 0.3 is 5.91 Å². The molecule has 0 radical (unpaired) electrons. The molecule has 5 nitrogen and oxygen atoms in total. The zero-order chi connectivity index (χ0) is 14.5. The van der Waals surface area contributed by atoms with E-state index in [9.17, 15) is 4.79 Å². The van der Waals surface area contributed by atoms with Gasteiger partial charge in [0.25, 0.3) is 0 Å². The van der Waals surface area contributed by atoms with E-state index in [0.717, 1.165) is 16.6 Å². The minimum absolute atomic E-state index is 0.256. The molecule has 0 aliphatic rings. The van der Waals surface area contributed by atoms with Gasteiger partial charge in [-0.1, -0.05) is 34.1 Å². The van der Waals surface area contributed by atoms with E-state index >= 15 is 0 Å². The molecule has 6 heteroatoms. The normalized spacial score (nSPS) is 10.8. The van der Waals surface area contributed by atoms with Crippen molar-refractivity contribution in [2.24, 2.45) is 5.84 Å². The Labute approximate surface area is 125 Å². The monoisotopic (exact) mass is 337 g/mol. The van der Waals surface area contributed by atoms with Crippen molar-refractivity contribution < 1.29 is 9.21 Å². The largest absolute Gasteiger partial charge is 0.459 e. The molecule has 2 aromatic rings. The Bertz CT molecular complexity index is 598. The maximum atomic E-state index is 11.5. The Balaban J connectivity index is 2.05. The topological polar surface area (TPSA) is 71.5 Å². The number of hydrogen-bond acceptors (Lipinski definition) is 4. The first kappa shape index (κ1) is 14.8. The third-order valence-corrected chi connectivity index (χ3v) is 3.70. The Morgan fingerprint density at radius 2 is 2.00 bits per heavy atom. The molecule has 0 unspecified atom stereocenters. The van der Waals surface area contributed by atoms with E-state index in [1.165, 1.54) is 11.8 Å². The van der Waals surface area contributed by atoms with Crippen LogP contribution in [0.4, 0.5) is 0 Å². The summed E-state index contributed by atoms with van der Waals surface area (Å²) in [5, 5.41) is 0. The van der Waals surface area contributed by atoms with Crippen LogP contribution in [0.3, 0.4) is 0 Å². The van der Waals surface area contributed by atoms with Gasteiger partial charge in [-0.25, -0.2) is 5.84 Å². The molecule has 0 fully saturated rings.